The molecular formula is C27H35N7O. The summed E-state index contributed by atoms with van der Waals surface area (Å²) in [5, 5.41) is 18.2. The van der Waals surface area contributed by atoms with E-state index in [9.17, 15) is 5.11 Å². The number of hydrogen-bond donors (Lipinski definition) is 5. The van der Waals surface area contributed by atoms with Gasteiger partial charge in [-0.05, 0) is 33.1 Å². The fraction of sp³-hybridized carbons (Fsp3) is 0.370. The number of nitrogens with one attached hydrogen (secondary N) is 2. The average Bonchev–Trinajstić information content (AvgIpc) is 2.87. The third-order valence-corrected chi connectivity index (χ3v) is 6.53. The van der Waals surface area contributed by atoms with Gasteiger partial charge in [0.1, 0.15) is 17.6 Å². The third-order valence-electron chi connectivity index (χ3n) is 6.53. The van der Waals surface area contributed by atoms with Gasteiger partial charge in [0.2, 0.25) is 0 Å². The minimum Gasteiger partial charge on any atom is -0.387 e. The van der Waals surface area contributed by atoms with Crippen LogP contribution in [0.4, 0.5) is 5.82 Å². The zero-order chi connectivity index (χ0) is 24.8. The Morgan fingerprint density at radius 1 is 0.971 bits per heavy atom. The van der Waals surface area contributed by atoms with Crippen LogP contribution < -0.4 is 22.4 Å². The van der Waals surface area contributed by atoms with Gasteiger partial charge >= 0.3 is 0 Å². The Balaban J connectivity index is 1.56. The molecule has 0 spiro atoms. The van der Waals surface area contributed by atoms with Gasteiger partial charge in [-0.15, -0.1) is 0 Å². The number of amidine groups is 1. The van der Waals surface area contributed by atoms with Crippen molar-refractivity contribution < 1.29 is 5.11 Å². The monoisotopic (exact) mass is 473 g/mol. The molecule has 0 saturated carbocycles. The van der Waals surface area contributed by atoms with Crippen LogP contribution in [-0.4, -0.2) is 27.0 Å². The molecule has 0 amide bonds. The van der Waals surface area contributed by atoms with Gasteiger partial charge in [-0.25, -0.2) is 15.8 Å². The topological polar surface area (TPSA) is 134 Å². The summed E-state index contributed by atoms with van der Waals surface area (Å²) in [4.78, 5) is 9.97. The Labute approximate surface area is 206 Å². The van der Waals surface area contributed by atoms with E-state index in [4.69, 9.17) is 21.7 Å². The molecule has 3 aromatic rings. The summed E-state index contributed by atoms with van der Waals surface area (Å²) in [7, 11) is 0. The zero-order valence-electron chi connectivity index (χ0n) is 20.5. The number of nitrogens with zero attached hydrogens (tertiary/aromatic N) is 3. The second-order valence-electron chi connectivity index (χ2n) is 9.30. The van der Waals surface area contributed by atoms with Crippen LogP contribution >= 0.6 is 0 Å². The molecule has 2 aromatic carbocycles. The van der Waals surface area contributed by atoms with E-state index < -0.39 is 6.10 Å². The Bertz CT molecular complexity index is 1160. The van der Waals surface area contributed by atoms with E-state index in [0.29, 0.717) is 23.8 Å². The molecule has 2 unspecified atom stereocenters. The highest BCUT2D eigenvalue weighted by Crippen LogP contribution is 2.37. The molecule has 8 heteroatoms. The number of anilines is 1. The van der Waals surface area contributed by atoms with Crippen LogP contribution in [0.25, 0.3) is 22.5 Å². The van der Waals surface area contributed by atoms with E-state index in [0.717, 1.165) is 54.6 Å². The van der Waals surface area contributed by atoms with Crippen molar-refractivity contribution in [1.82, 2.24) is 15.4 Å². The molecule has 0 saturated heterocycles. The van der Waals surface area contributed by atoms with Crippen LogP contribution in [0.15, 0.2) is 53.6 Å². The zero-order valence-corrected chi connectivity index (χ0v) is 20.5. The first kappa shape index (κ1) is 24.6. The first-order chi connectivity index (χ1) is 17.0. The molecule has 8 nitrogen and oxygen atoms in total. The first-order valence-corrected chi connectivity index (χ1v) is 12.2. The molecular weight excluding hydrogens is 438 g/mol. The summed E-state index contributed by atoms with van der Waals surface area (Å²) in [6, 6.07) is 16.7. The number of fused-ring (bicyclic) bond motifs is 1. The number of aryl methyl sites for hydroxylation is 2. The standard InChI is InChI=1S/C27H35N7O/c1-17-8-12-19(13-9-17)24-25(20-14-10-18(2)11-15-20)32-27-26(31-24)22(35)16-21(30-27)6-4-3-5-7-23(33-28)34-29/h8-15,21-22,35H,3-7,16,28-29H2,1-2H3,(H,30,32)(H,33,34). The van der Waals surface area contributed by atoms with Gasteiger partial charge in [0.15, 0.2) is 5.82 Å². The third kappa shape index (κ3) is 5.96. The molecule has 1 aliphatic rings. The van der Waals surface area contributed by atoms with E-state index in [1.807, 2.05) is 0 Å². The van der Waals surface area contributed by atoms with Crippen molar-refractivity contribution in [3.05, 3.63) is 65.4 Å². The van der Waals surface area contributed by atoms with Gasteiger partial charge in [0, 0.05) is 23.6 Å². The number of rotatable bonds is 8. The number of hydrazine groups is 1. The highest BCUT2D eigenvalue weighted by Gasteiger charge is 2.29. The summed E-state index contributed by atoms with van der Waals surface area (Å²) in [6.45, 7) is 4.14. The molecule has 0 aliphatic carbocycles. The molecule has 184 valence electrons. The summed E-state index contributed by atoms with van der Waals surface area (Å²) >= 11 is 0. The number of hydrogen-bond acceptors (Lipinski definition) is 7. The second-order valence-corrected chi connectivity index (χ2v) is 9.30. The average molecular weight is 474 g/mol. The highest BCUT2D eigenvalue weighted by atomic mass is 16.3. The fourth-order valence-corrected chi connectivity index (χ4v) is 4.47. The minimum absolute atomic E-state index is 0.137. The van der Waals surface area contributed by atoms with Crippen LogP contribution in [0.2, 0.25) is 0 Å². The maximum absolute atomic E-state index is 11.0. The van der Waals surface area contributed by atoms with E-state index in [1.54, 1.807) is 0 Å². The van der Waals surface area contributed by atoms with Crippen LogP contribution in [0.5, 0.6) is 0 Å². The quantitative estimate of drug-likeness (QED) is 0.108. The predicted octanol–water partition coefficient (Wildman–Crippen LogP) is 4.33. The number of aliphatic hydroxyl groups excluding tert-OH is 1. The van der Waals surface area contributed by atoms with Gasteiger partial charge in [0.05, 0.1) is 11.4 Å². The molecule has 1 aliphatic heterocycles. The SMILES string of the molecule is Cc1ccc(-c2nc3c(nc2-c2ccc(C)cc2)C(O)CC(CCCCC/C(=N/N)NN)N3)cc1. The maximum Gasteiger partial charge on any atom is 0.151 e. The number of unbranched alkanes of at least 4 members (excludes halogenated alkanes) is 2. The Kier molecular flexibility index (Phi) is 7.94. The van der Waals surface area contributed by atoms with Gasteiger partial charge in [-0.2, -0.15) is 5.10 Å². The second kappa shape index (κ2) is 11.3. The Morgan fingerprint density at radius 3 is 2.14 bits per heavy atom. The number of nitrogens with two attached hydrogens (primary N) is 2. The van der Waals surface area contributed by atoms with Crippen molar-refractivity contribution >= 4 is 11.7 Å². The number of hydrazone groups is 1. The molecule has 2 atom stereocenters. The summed E-state index contributed by atoms with van der Waals surface area (Å²) < 4.78 is 0. The maximum atomic E-state index is 11.0. The lowest BCUT2D eigenvalue weighted by molar-refractivity contribution is 0.148. The number of aromatic nitrogens is 2. The summed E-state index contributed by atoms with van der Waals surface area (Å²) in [5.41, 5.74) is 9.11. The molecule has 0 radical (unpaired) electrons. The van der Waals surface area contributed by atoms with Gasteiger partial charge in [-0.3, -0.25) is 0 Å². The Morgan fingerprint density at radius 2 is 1.57 bits per heavy atom. The molecule has 4 rings (SSSR count). The first-order valence-electron chi connectivity index (χ1n) is 12.2. The molecule has 35 heavy (non-hydrogen) atoms. The lowest BCUT2D eigenvalue weighted by Gasteiger charge is -2.30. The largest absolute Gasteiger partial charge is 0.387 e. The number of aliphatic hydroxyl groups is 1. The molecule has 7 N–H and O–H groups in total. The van der Waals surface area contributed by atoms with Crippen molar-refractivity contribution in [2.24, 2.45) is 16.8 Å². The van der Waals surface area contributed by atoms with Gasteiger partial charge in [-0.1, -0.05) is 72.5 Å². The normalized spacial score (nSPS) is 17.5. The predicted molar refractivity (Wildman–Crippen MR) is 141 cm³/mol. The van der Waals surface area contributed by atoms with Crippen LogP contribution in [-0.2, 0) is 0 Å². The van der Waals surface area contributed by atoms with Crippen molar-refractivity contribution in [2.75, 3.05) is 5.32 Å². The van der Waals surface area contributed by atoms with Crippen molar-refractivity contribution in [2.45, 2.75) is 64.5 Å². The number of benzene rings is 2. The van der Waals surface area contributed by atoms with Crippen LogP contribution in [0, 0.1) is 13.8 Å². The molecule has 0 bridgehead atoms. The van der Waals surface area contributed by atoms with Crippen molar-refractivity contribution in [3.8, 4) is 22.5 Å². The van der Waals surface area contributed by atoms with Crippen LogP contribution in [0.3, 0.4) is 0 Å². The highest BCUT2D eigenvalue weighted by molar-refractivity contribution is 5.81. The van der Waals surface area contributed by atoms with Gasteiger partial charge < -0.3 is 21.7 Å². The van der Waals surface area contributed by atoms with Crippen molar-refractivity contribution in [1.29, 1.82) is 0 Å². The summed E-state index contributed by atoms with van der Waals surface area (Å²) in [6.07, 6.45) is 4.60. The van der Waals surface area contributed by atoms with Crippen molar-refractivity contribution in [3.63, 3.8) is 0 Å². The van der Waals surface area contributed by atoms with Crippen LogP contribution in [0.1, 0.15) is 61.4 Å². The molecule has 2 heterocycles. The molecule has 0 fully saturated rings. The molecule has 1 aromatic heterocycles. The Hall–Kier alpha value is -3.49. The summed E-state index contributed by atoms with van der Waals surface area (Å²) in [5.74, 6) is 11.9. The minimum atomic E-state index is -0.655. The van der Waals surface area contributed by atoms with E-state index in [-0.39, 0.29) is 6.04 Å². The lowest BCUT2D eigenvalue weighted by Crippen LogP contribution is -2.31. The lowest BCUT2D eigenvalue weighted by atomic mass is 9.95. The van der Waals surface area contributed by atoms with E-state index in [2.05, 4.69) is 78.2 Å². The fourth-order valence-electron chi connectivity index (χ4n) is 4.47. The van der Waals surface area contributed by atoms with E-state index >= 15 is 0 Å². The van der Waals surface area contributed by atoms with Gasteiger partial charge in [0.25, 0.3) is 0 Å². The smallest absolute Gasteiger partial charge is 0.151 e. The van der Waals surface area contributed by atoms with E-state index in [1.165, 1.54) is 11.1 Å².